The molecule has 0 aliphatic heterocycles. The van der Waals surface area contributed by atoms with Gasteiger partial charge in [0.15, 0.2) is 0 Å². The predicted molar refractivity (Wildman–Crippen MR) is 32.2 cm³/mol. The summed E-state index contributed by atoms with van der Waals surface area (Å²) in [6, 6.07) is 0. The lowest BCUT2D eigenvalue weighted by molar-refractivity contribution is -0.141. The Hall–Kier alpha value is -0.0900. The predicted octanol–water partition coefficient (Wildman–Crippen LogP) is 0.482. The Morgan fingerprint density at radius 2 is 2.38 bits per heavy atom. The van der Waals surface area contributed by atoms with Crippen molar-refractivity contribution in [3.63, 3.8) is 0 Å². The standard InChI is InChI=1S/C4H7BrO3/c5-1-2-8-3-4(6)7/h1-3H2,(H,6,7). The third-order valence-electron chi connectivity index (χ3n) is 0.447. The molecule has 0 aromatic heterocycles. The van der Waals surface area contributed by atoms with E-state index in [2.05, 4.69) is 20.7 Å². The van der Waals surface area contributed by atoms with Crippen LogP contribution in [-0.2, 0) is 9.53 Å². The van der Waals surface area contributed by atoms with Gasteiger partial charge < -0.3 is 9.84 Å². The summed E-state index contributed by atoms with van der Waals surface area (Å²) in [5, 5.41) is 8.68. The van der Waals surface area contributed by atoms with Gasteiger partial charge in [-0.05, 0) is 0 Å². The average Bonchev–Trinajstić information content (AvgIpc) is 1.66. The molecule has 0 unspecified atom stereocenters. The minimum absolute atomic E-state index is 0.203. The van der Waals surface area contributed by atoms with E-state index in [0.29, 0.717) is 11.9 Å². The monoisotopic (exact) mass is 182 g/mol. The first kappa shape index (κ1) is 7.91. The number of carboxylic acids is 1. The number of hydrogen-bond acceptors (Lipinski definition) is 2. The van der Waals surface area contributed by atoms with Gasteiger partial charge in [-0.1, -0.05) is 15.9 Å². The second-order valence-electron chi connectivity index (χ2n) is 1.14. The third kappa shape index (κ3) is 5.91. The van der Waals surface area contributed by atoms with Gasteiger partial charge in [0, 0.05) is 5.33 Å². The van der Waals surface area contributed by atoms with Crippen molar-refractivity contribution in [3.05, 3.63) is 0 Å². The maximum absolute atomic E-state index is 9.73. The summed E-state index contributed by atoms with van der Waals surface area (Å²) in [4.78, 5) is 9.73. The number of halogens is 1. The van der Waals surface area contributed by atoms with E-state index in [1.54, 1.807) is 0 Å². The number of carbonyl (C=O) groups is 1. The fourth-order valence-corrected chi connectivity index (χ4v) is 0.443. The van der Waals surface area contributed by atoms with Crippen LogP contribution in [0.25, 0.3) is 0 Å². The second-order valence-corrected chi connectivity index (χ2v) is 1.93. The molecular formula is C4H7BrO3. The average molecular weight is 183 g/mol. The molecule has 0 bridgehead atoms. The van der Waals surface area contributed by atoms with Crippen molar-refractivity contribution in [1.82, 2.24) is 0 Å². The van der Waals surface area contributed by atoms with E-state index in [9.17, 15) is 4.79 Å². The number of hydrogen-bond donors (Lipinski definition) is 1. The highest BCUT2D eigenvalue weighted by atomic mass is 79.9. The van der Waals surface area contributed by atoms with Crippen molar-refractivity contribution >= 4 is 21.9 Å². The zero-order valence-corrected chi connectivity index (χ0v) is 5.85. The minimum Gasteiger partial charge on any atom is -0.480 e. The molecule has 1 N–H and O–H groups in total. The Balaban J connectivity index is 2.82. The zero-order chi connectivity index (χ0) is 6.41. The highest BCUT2D eigenvalue weighted by molar-refractivity contribution is 9.09. The Morgan fingerprint density at radius 3 is 2.75 bits per heavy atom. The van der Waals surface area contributed by atoms with E-state index < -0.39 is 5.97 Å². The zero-order valence-electron chi connectivity index (χ0n) is 4.26. The SMILES string of the molecule is O=C(O)COCCBr. The lowest BCUT2D eigenvalue weighted by Crippen LogP contribution is -2.07. The Morgan fingerprint density at radius 1 is 1.75 bits per heavy atom. The molecule has 0 aromatic rings. The number of rotatable bonds is 4. The Kier molecular flexibility index (Phi) is 5.00. The van der Waals surface area contributed by atoms with E-state index in [4.69, 9.17) is 5.11 Å². The van der Waals surface area contributed by atoms with Gasteiger partial charge in [0.25, 0.3) is 0 Å². The van der Waals surface area contributed by atoms with Gasteiger partial charge in [-0.3, -0.25) is 0 Å². The van der Waals surface area contributed by atoms with Crippen molar-refractivity contribution in [2.24, 2.45) is 0 Å². The van der Waals surface area contributed by atoms with Gasteiger partial charge in [-0.15, -0.1) is 0 Å². The molecule has 0 rings (SSSR count). The van der Waals surface area contributed by atoms with Crippen molar-refractivity contribution in [3.8, 4) is 0 Å². The molecular weight excluding hydrogens is 176 g/mol. The fraction of sp³-hybridized carbons (Fsp3) is 0.750. The molecule has 48 valence electrons. The molecule has 0 aliphatic rings. The van der Waals surface area contributed by atoms with E-state index in [1.165, 1.54) is 0 Å². The molecule has 0 radical (unpaired) electrons. The molecule has 0 amide bonds. The molecule has 0 heterocycles. The van der Waals surface area contributed by atoms with Gasteiger partial charge in [0.2, 0.25) is 0 Å². The topological polar surface area (TPSA) is 46.5 Å². The van der Waals surface area contributed by atoms with Crippen LogP contribution in [0.1, 0.15) is 0 Å². The summed E-state index contributed by atoms with van der Waals surface area (Å²) >= 11 is 3.08. The highest BCUT2D eigenvalue weighted by Crippen LogP contribution is 1.80. The quantitative estimate of drug-likeness (QED) is 0.509. The smallest absolute Gasteiger partial charge is 0.329 e. The van der Waals surface area contributed by atoms with Gasteiger partial charge >= 0.3 is 5.97 Å². The lowest BCUT2D eigenvalue weighted by atomic mass is 10.7. The summed E-state index contributed by atoms with van der Waals surface area (Å²) < 4.78 is 4.60. The molecule has 0 aromatic carbocycles. The summed E-state index contributed by atoms with van der Waals surface area (Å²) in [7, 11) is 0. The van der Waals surface area contributed by atoms with Crippen LogP contribution in [0.5, 0.6) is 0 Å². The van der Waals surface area contributed by atoms with Crippen LogP contribution in [0, 0.1) is 0 Å². The largest absolute Gasteiger partial charge is 0.480 e. The van der Waals surface area contributed by atoms with Crippen molar-refractivity contribution in [2.45, 2.75) is 0 Å². The molecule has 0 saturated heterocycles. The fourth-order valence-electron chi connectivity index (χ4n) is 0.214. The number of alkyl halides is 1. The number of aliphatic carboxylic acids is 1. The maximum Gasteiger partial charge on any atom is 0.329 e. The van der Waals surface area contributed by atoms with Crippen LogP contribution in [0.3, 0.4) is 0 Å². The first-order chi connectivity index (χ1) is 3.77. The Bertz CT molecular complexity index is 73.7. The molecule has 3 nitrogen and oxygen atoms in total. The minimum atomic E-state index is -0.925. The van der Waals surface area contributed by atoms with Gasteiger partial charge in [0.1, 0.15) is 6.61 Å². The van der Waals surface area contributed by atoms with Crippen molar-refractivity contribution in [1.29, 1.82) is 0 Å². The summed E-state index contributed by atoms with van der Waals surface area (Å²) in [5.74, 6) is -0.925. The second kappa shape index (κ2) is 5.05. The first-order valence-electron chi connectivity index (χ1n) is 2.13. The summed E-state index contributed by atoms with van der Waals surface area (Å²) in [6.07, 6.45) is 0. The molecule has 8 heavy (non-hydrogen) atoms. The van der Waals surface area contributed by atoms with Crippen LogP contribution < -0.4 is 0 Å². The molecule has 0 aliphatic carbocycles. The van der Waals surface area contributed by atoms with Crippen LogP contribution in [0.15, 0.2) is 0 Å². The molecule has 4 heteroatoms. The van der Waals surface area contributed by atoms with E-state index in [0.717, 1.165) is 0 Å². The Labute approximate surface area is 55.8 Å². The highest BCUT2D eigenvalue weighted by Gasteiger charge is 1.92. The normalized spacial score (nSPS) is 9.12. The molecule has 0 fully saturated rings. The van der Waals surface area contributed by atoms with E-state index in [-0.39, 0.29) is 6.61 Å². The van der Waals surface area contributed by atoms with Crippen LogP contribution >= 0.6 is 15.9 Å². The van der Waals surface area contributed by atoms with Crippen molar-refractivity contribution in [2.75, 3.05) is 18.5 Å². The molecule has 0 atom stereocenters. The van der Waals surface area contributed by atoms with Gasteiger partial charge in [0.05, 0.1) is 6.61 Å². The van der Waals surface area contributed by atoms with Gasteiger partial charge in [-0.25, -0.2) is 4.79 Å². The van der Waals surface area contributed by atoms with Crippen LogP contribution in [0.2, 0.25) is 0 Å². The van der Waals surface area contributed by atoms with Crippen LogP contribution in [-0.4, -0.2) is 29.6 Å². The maximum atomic E-state index is 9.73. The number of carboxylic acid groups (broad SMARTS) is 1. The summed E-state index contributed by atoms with van der Waals surface area (Å²) in [6.45, 7) is 0.248. The lowest BCUT2D eigenvalue weighted by Gasteiger charge is -1.93. The molecule has 0 spiro atoms. The van der Waals surface area contributed by atoms with E-state index in [1.807, 2.05) is 0 Å². The third-order valence-corrected chi connectivity index (χ3v) is 0.771. The summed E-state index contributed by atoms with van der Waals surface area (Å²) in [5.41, 5.74) is 0. The van der Waals surface area contributed by atoms with Gasteiger partial charge in [-0.2, -0.15) is 0 Å². The molecule has 0 saturated carbocycles. The number of ether oxygens (including phenoxy) is 1. The van der Waals surface area contributed by atoms with E-state index >= 15 is 0 Å². The first-order valence-corrected chi connectivity index (χ1v) is 3.25. The van der Waals surface area contributed by atoms with Crippen molar-refractivity contribution < 1.29 is 14.6 Å². The van der Waals surface area contributed by atoms with Crippen LogP contribution in [0.4, 0.5) is 0 Å².